The standard InChI is InChI=1S/C14H14Cl2FNO/c1-13(8-14(13,15)16)12(19)18-6-2-3-9-7-10(17)4-5-11(9)18/h4-5,7H,2-3,6,8H2,1H3. The second-order valence-corrected chi connectivity index (χ2v) is 7.03. The molecule has 2 aliphatic rings. The molecule has 1 unspecified atom stereocenters. The van der Waals surface area contributed by atoms with Gasteiger partial charge < -0.3 is 4.90 Å². The summed E-state index contributed by atoms with van der Waals surface area (Å²) in [5.41, 5.74) is 0.938. The highest BCUT2D eigenvalue weighted by Crippen LogP contribution is 2.64. The van der Waals surface area contributed by atoms with E-state index in [1.54, 1.807) is 17.9 Å². The van der Waals surface area contributed by atoms with Gasteiger partial charge in [-0.25, -0.2) is 4.39 Å². The Morgan fingerprint density at radius 1 is 1.42 bits per heavy atom. The van der Waals surface area contributed by atoms with E-state index < -0.39 is 9.75 Å². The molecule has 2 nitrogen and oxygen atoms in total. The number of carbonyl (C=O) groups excluding carboxylic acids is 1. The molecule has 1 heterocycles. The van der Waals surface area contributed by atoms with Crippen LogP contribution < -0.4 is 4.90 Å². The molecular formula is C14H14Cl2FNO. The second kappa shape index (κ2) is 4.10. The molecule has 3 rings (SSSR count). The summed E-state index contributed by atoms with van der Waals surface area (Å²) in [6.07, 6.45) is 2.09. The highest BCUT2D eigenvalue weighted by atomic mass is 35.5. The molecule has 0 aromatic heterocycles. The van der Waals surface area contributed by atoms with E-state index in [9.17, 15) is 9.18 Å². The molecule has 1 aliphatic heterocycles. The van der Waals surface area contributed by atoms with Crippen molar-refractivity contribution in [3.63, 3.8) is 0 Å². The zero-order valence-electron chi connectivity index (χ0n) is 10.5. The maximum Gasteiger partial charge on any atom is 0.236 e. The Balaban J connectivity index is 1.95. The van der Waals surface area contributed by atoms with Gasteiger partial charge in [0.25, 0.3) is 0 Å². The van der Waals surface area contributed by atoms with Crippen molar-refractivity contribution in [2.45, 2.75) is 30.5 Å². The fraction of sp³-hybridized carbons (Fsp3) is 0.500. The maximum absolute atomic E-state index is 13.2. The van der Waals surface area contributed by atoms with Gasteiger partial charge >= 0.3 is 0 Å². The van der Waals surface area contributed by atoms with Crippen molar-refractivity contribution in [1.29, 1.82) is 0 Å². The lowest BCUT2D eigenvalue weighted by molar-refractivity contribution is -0.123. The van der Waals surface area contributed by atoms with E-state index >= 15 is 0 Å². The van der Waals surface area contributed by atoms with Gasteiger partial charge in [0.1, 0.15) is 10.2 Å². The van der Waals surface area contributed by atoms with Crippen LogP contribution in [0.25, 0.3) is 0 Å². The Morgan fingerprint density at radius 3 is 2.74 bits per heavy atom. The number of hydrogen-bond donors (Lipinski definition) is 0. The van der Waals surface area contributed by atoms with E-state index in [2.05, 4.69) is 0 Å². The molecule has 19 heavy (non-hydrogen) atoms. The molecule has 102 valence electrons. The average molecular weight is 302 g/mol. The van der Waals surface area contributed by atoms with Crippen LogP contribution in [0.5, 0.6) is 0 Å². The normalized spacial score (nSPS) is 27.9. The molecule has 0 saturated heterocycles. The van der Waals surface area contributed by atoms with Crippen molar-refractivity contribution in [2.75, 3.05) is 11.4 Å². The summed E-state index contributed by atoms with van der Waals surface area (Å²) in [5.74, 6) is -0.334. The molecule has 0 N–H and O–H groups in total. The van der Waals surface area contributed by atoms with E-state index in [1.165, 1.54) is 12.1 Å². The Hall–Kier alpha value is -0.800. The molecule has 0 bridgehead atoms. The number of amides is 1. The summed E-state index contributed by atoms with van der Waals surface area (Å²) in [4.78, 5) is 14.3. The lowest BCUT2D eigenvalue weighted by Crippen LogP contribution is -2.41. The van der Waals surface area contributed by atoms with Gasteiger partial charge in [-0.3, -0.25) is 4.79 Å². The first-order valence-electron chi connectivity index (χ1n) is 6.33. The molecule has 1 fully saturated rings. The summed E-state index contributed by atoms with van der Waals surface area (Å²) >= 11 is 12.1. The number of fused-ring (bicyclic) bond motifs is 1. The van der Waals surface area contributed by atoms with Gasteiger partial charge in [0.2, 0.25) is 5.91 Å². The summed E-state index contributed by atoms with van der Waals surface area (Å²) in [6, 6.07) is 4.55. The summed E-state index contributed by atoms with van der Waals surface area (Å²) < 4.78 is 12.3. The molecule has 1 saturated carbocycles. The summed E-state index contributed by atoms with van der Waals surface area (Å²) in [6.45, 7) is 2.42. The number of carbonyl (C=O) groups is 1. The molecule has 0 spiro atoms. The van der Waals surface area contributed by atoms with Crippen molar-refractivity contribution in [3.8, 4) is 0 Å². The van der Waals surface area contributed by atoms with Crippen LogP contribution in [-0.4, -0.2) is 16.8 Å². The maximum atomic E-state index is 13.2. The molecule has 1 amide bonds. The molecule has 1 aromatic rings. The average Bonchev–Trinajstić information content (AvgIpc) is 2.88. The van der Waals surface area contributed by atoms with Crippen LogP contribution in [0.2, 0.25) is 0 Å². The number of hydrogen-bond acceptors (Lipinski definition) is 1. The smallest absolute Gasteiger partial charge is 0.236 e. The highest BCUT2D eigenvalue weighted by Gasteiger charge is 2.69. The van der Waals surface area contributed by atoms with Gasteiger partial charge in [0.15, 0.2) is 0 Å². The number of rotatable bonds is 1. The summed E-state index contributed by atoms with van der Waals surface area (Å²) in [7, 11) is 0. The van der Waals surface area contributed by atoms with E-state index in [-0.39, 0.29) is 11.7 Å². The zero-order valence-corrected chi connectivity index (χ0v) is 12.1. The number of alkyl halides is 2. The quantitative estimate of drug-likeness (QED) is 0.725. The molecule has 1 aliphatic carbocycles. The fourth-order valence-corrected chi connectivity index (χ4v) is 3.40. The first-order valence-corrected chi connectivity index (χ1v) is 7.09. The van der Waals surface area contributed by atoms with Gasteiger partial charge in [0.05, 0.1) is 5.41 Å². The SMILES string of the molecule is CC1(C(=O)N2CCCc3cc(F)ccc32)CC1(Cl)Cl. The minimum atomic E-state index is -0.971. The molecule has 1 atom stereocenters. The Kier molecular flexibility index (Phi) is 2.84. The zero-order chi connectivity index (χ0) is 13.8. The molecule has 0 radical (unpaired) electrons. The van der Waals surface area contributed by atoms with Crippen LogP contribution >= 0.6 is 23.2 Å². The minimum absolute atomic E-state index is 0.0648. The number of anilines is 1. The van der Waals surface area contributed by atoms with Crippen molar-refractivity contribution >= 4 is 34.8 Å². The Labute approximate surface area is 121 Å². The first-order chi connectivity index (χ1) is 8.85. The topological polar surface area (TPSA) is 20.3 Å². The second-order valence-electron chi connectivity index (χ2n) is 5.55. The molecule has 5 heteroatoms. The van der Waals surface area contributed by atoms with Gasteiger partial charge in [-0.15, -0.1) is 23.2 Å². The van der Waals surface area contributed by atoms with Crippen LogP contribution in [0.4, 0.5) is 10.1 Å². The van der Waals surface area contributed by atoms with E-state index in [4.69, 9.17) is 23.2 Å². The van der Waals surface area contributed by atoms with Crippen molar-refractivity contribution in [2.24, 2.45) is 5.41 Å². The first kappa shape index (κ1) is 13.2. The van der Waals surface area contributed by atoms with Crippen LogP contribution in [-0.2, 0) is 11.2 Å². The number of halogens is 3. The van der Waals surface area contributed by atoms with Gasteiger partial charge in [-0.05, 0) is 49.9 Å². The minimum Gasteiger partial charge on any atom is -0.312 e. The third-order valence-electron chi connectivity index (χ3n) is 4.14. The predicted octanol–water partition coefficient (Wildman–Crippen LogP) is 3.69. The van der Waals surface area contributed by atoms with Crippen LogP contribution in [0.3, 0.4) is 0 Å². The monoisotopic (exact) mass is 301 g/mol. The fourth-order valence-electron chi connectivity index (χ4n) is 2.71. The van der Waals surface area contributed by atoms with E-state index in [0.717, 1.165) is 24.1 Å². The molecule has 1 aromatic carbocycles. The summed E-state index contributed by atoms with van der Waals surface area (Å²) in [5, 5.41) is 0. The van der Waals surface area contributed by atoms with E-state index in [1.807, 2.05) is 0 Å². The highest BCUT2D eigenvalue weighted by molar-refractivity contribution is 6.53. The Morgan fingerprint density at radius 2 is 2.11 bits per heavy atom. The number of nitrogens with zero attached hydrogens (tertiary/aromatic N) is 1. The van der Waals surface area contributed by atoms with Crippen molar-refractivity contribution in [1.82, 2.24) is 0 Å². The predicted molar refractivity (Wildman–Crippen MR) is 74.2 cm³/mol. The lowest BCUT2D eigenvalue weighted by atomic mass is 9.99. The largest absolute Gasteiger partial charge is 0.312 e. The van der Waals surface area contributed by atoms with Gasteiger partial charge in [-0.1, -0.05) is 0 Å². The van der Waals surface area contributed by atoms with Gasteiger partial charge in [0, 0.05) is 12.2 Å². The van der Waals surface area contributed by atoms with Crippen LogP contribution in [0.15, 0.2) is 18.2 Å². The number of benzene rings is 1. The van der Waals surface area contributed by atoms with Crippen LogP contribution in [0, 0.1) is 11.2 Å². The third-order valence-corrected chi connectivity index (χ3v) is 5.24. The lowest BCUT2D eigenvalue weighted by Gasteiger charge is -2.32. The van der Waals surface area contributed by atoms with Crippen LogP contribution in [0.1, 0.15) is 25.3 Å². The van der Waals surface area contributed by atoms with Gasteiger partial charge in [-0.2, -0.15) is 0 Å². The number of aryl methyl sites for hydroxylation is 1. The van der Waals surface area contributed by atoms with Crippen molar-refractivity contribution < 1.29 is 9.18 Å². The van der Waals surface area contributed by atoms with Crippen molar-refractivity contribution in [3.05, 3.63) is 29.6 Å². The Bertz CT molecular complexity index is 560. The molecular weight excluding hydrogens is 288 g/mol. The van der Waals surface area contributed by atoms with E-state index in [0.29, 0.717) is 13.0 Å². The third kappa shape index (κ3) is 1.95.